The van der Waals surface area contributed by atoms with Crippen LogP contribution in [0.1, 0.15) is 141 Å². The molecule has 0 saturated carbocycles. The number of hydrogen-bond donors (Lipinski definition) is 0. The number of fused-ring (bicyclic) bond motifs is 6. The highest BCUT2D eigenvalue weighted by atomic mass is 32.2. The van der Waals surface area contributed by atoms with Crippen LogP contribution in [0.15, 0.2) is 259 Å². The topological polar surface area (TPSA) is 102 Å². The van der Waals surface area contributed by atoms with E-state index in [9.17, 15) is 28.8 Å². The summed E-state index contributed by atoms with van der Waals surface area (Å²) in [5.74, 6) is 0. The maximum absolute atomic E-state index is 14.0. The molecule has 0 aliphatic carbocycles. The Hall–Kier alpha value is -5.85. The highest BCUT2D eigenvalue weighted by Gasteiger charge is 2.25. The van der Waals surface area contributed by atoms with Gasteiger partial charge in [-0.15, -0.1) is 0 Å². The predicted octanol–water partition coefficient (Wildman–Crippen LogP) is 21.9. The zero-order valence-electron chi connectivity index (χ0n) is 49.2. The highest BCUT2D eigenvalue weighted by Crippen LogP contribution is 2.40. The Morgan fingerprint density at radius 2 is 0.299 bits per heavy atom. The molecule has 0 radical (unpaired) electrons. The molecule has 0 unspecified atom stereocenters. The maximum atomic E-state index is 14.0. The van der Waals surface area contributed by atoms with Gasteiger partial charge in [-0.05, 0) is 304 Å². The van der Waals surface area contributed by atoms with E-state index in [0.29, 0.717) is 33.4 Å². The van der Waals surface area contributed by atoms with E-state index in [2.05, 4.69) is 62.3 Å². The molecule has 6 nitrogen and oxygen atoms in total. The Morgan fingerprint density at radius 1 is 0.184 bits per heavy atom. The number of hydrogen-bond acceptors (Lipinski definition) is 15. The van der Waals surface area contributed by atoms with Crippen LogP contribution in [-0.2, 0) is 16.2 Å². The first-order valence-electron chi connectivity index (χ1n) is 27.8. The minimum Gasteiger partial charge on any atom is -0.281 e. The third-order valence-electron chi connectivity index (χ3n) is 13.7. The van der Waals surface area contributed by atoms with E-state index in [1.54, 1.807) is 53.5 Å². The van der Waals surface area contributed by atoms with Crippen LogP contribution in [0.25, 0.3) is 0 Å². The van der Waals surface area contributed by atoms with Crippen molar-refractivity contribution in [2.75, 3.05) is 0 Å². The Balaban J connectivity index is 0.903. The zero-order valence-corrected chi connectivity index (χ0v) is 56.5. The normalized spacial score (nSPS) is 14.4. The van der Waals surface area contributed by atoms with Gasteiger partial charge in [0.25, 0.3) is 0 Å². The van der Waals surface area contributed by atoms with Crippen LogP contribution in [0.4, 0.5) is 0 Å². The molecule has 15 heteroatoms. The van der Waals surface area contributed by atoms with Gasteiger partial charge in [-0.3, -0.25) is 28.8 Å². The number of carbonyl (C=O) groups excluding carboxylic acids is 6. The largest absolute Gasteiger partial charge is 0.281 e. The first-order valence-corrected chi connectivity index (χ1v) is 35.1. The standard InChI is InChI=1S/C72H60O6S9/c1-70(2,3)49-37-43-34-44(38-49)65(74)83-59-24-12-53(13-25-59)80-55-16-28-61(29-17-55)85-67(76)46-36-48(42-51(40-46)72(7,8)9)69(78)87-63-32-20-57(21-33-63)81-56-18-30-62(31-19-56)86-68(77)47-35-45(39-50(41-47)71(4,5)6)66(75)84-60-26-14-54(15-27-60)79-52-10-22-58(23-11-52)82-64(43)73/h10-42H,1-9H3. The molecule has 16 rings (SSSR count). The molecule has 18 bridgehead atoms. The first kappa shape index (κ1) is 64.1. The van der Waals surface area contributed by atoms with Crippen molar-refractivity contribution in [3.8, 4) is 0 Å². The second-order valence-electron chi connectivity index (χ2n) is 23.6. The van der Waals surface area contributed by atoms with Crippen molar-refractivity contribution in [3.63, 3.8) is 0 Å². The third-order valence-corrected chi connectivity index (χ3v) is 22.3. The molecule has 0 amide bonds. The van der Waals surface area contributed by atoms with Gasteiger partial charge < -0.3 is 0 Å². The summed E-state index contributed by atoms with van der Waals surface area (Å²) in [7, 11) is 0. The van der Waals surface area contributed by atoms with Crippen LogP contribution in [0, 0.1) is 0 Å². The lowest BCUT2D eigenvalue weighted by Gasteiger charge is -2.21. The van der Waals surface area contributed by atoms with Crippen molar-refractivity contribution in [2.45, 2.75) is 137 Å². The van der Waals surface area contributed by atoms with E-state index in [1.807, 2.05) is 182 Å². The fourth-order valence-corrected chi connectivity index (χ4v) is 15.5. The molecule has 9 aromatic rings. The number of carbonyl (C=O) groups is 6. The molecule has 0 saturated heterocycles. The summed E-state index contributed by atoms with van der Waals surface area (Å²) < 4.78 is 0. The van der Waals surface area contributed by atoms with Crippen LogP contribution >= 0.6 is 106 Å². The summed E-state index contributed by atoms with van der Waals surface area (Å²) >= 11 is 11.5. The minimum atomic E-state index is -0.324. The van der Waals surface area contributed by atoms with E-state index in [4.69, 9.17) is 0 Å². The van der Waals surface area contributed by atoms with Gasteiger partial charge >= 0.3 is 0 Å². The van der Waals surface area contributed by atoms with E-state index in [-0.39, 0.29) is 46.9 Å². The monoisotopic (exact) mass is 1310 g/mol. The third kappa shape index (κ3) is 17.3. The van der Waals surface area contributed by atoms with Crippen molar-refractivity contribution in [1.82, 2.24) is 0 Å². The number of benzene rings is 9. The molecule has 7 aliphatic rings. The van der Waals surface area contributed by atoms with E-state index >= 15 is 0 Å². The lowest BCUT2D eigenvalue weighted by atomic mass is 9.85. The smallest absolute Gasteiger partial charge is 0.224 e. The van der Waals surface area contributed by atoms with Gasteiger partial charge in [0.15, 0.2) is 0 Å². The molecule has 9 aromatic carbocycles. The summed E-state index contributed by atoms with van der Waals surface area (Å²) in [5.41, 5.74) is 4.41. The summed E-state index contributed by atoms with van der Waals surface area (Å²) in [5, 5.41) is -0.976. The van der Waals surface area contributed by atoms with E-state index < -0.39 is 0 Å². The zero-order chi connectivity index (χ0) is 61.8. The molecule has 0 fully saturated rings. The second kappa shape index (κ2) is 27.5. The van der Waals surface area contributed by atoms with Crippen molar-refractivity contribution in [1.29, 1.82) is 0 Å². The molecule has 0 aromatic heterocycles. The molecule has 87 heavy (non-hydrogen) atoms. The predicted molar refractivity (Wildman–Crippen MR) is 368 cm³/mol. The molecule has 0 N–H and O–H groups in total. The van der Waals surface area contributed by atoms with Crippen molar-refractivity contribution in [3.05, 3.63) is 250 Å². The van der Waals surface area contributed by atoms with Gasteiger partial charge in [0.1, 0.15) is 0 Å². The van der Waals surface area contributed by atoms with Crippen molar-refractivity contribution in [2.24, 2.45) is 0 Å². The van der Waals surface area contributed by atoms with E-state index in [1.165, 1.54) is 0 Å². The Labute approximate surface area is 548 Å². The van der Waals surface area contributed by atoms with Gasteiger partial charge in [-0.2, -0.15) is 0 Å². The molecular weight excluding hydrogens is 1250 g/mol. The molecule has 7 aliphatic heterocycles. The summed E-state index contributed by atoms with van der Waals surface area (Å²) in [6.07, 6.45) is 0. The Morgan fingerprint density at radius 3 is 0.414 bits per heavy atom. The van der Waals surface area contributed by atoms with Gasteiger partial charge in [0, 0.05) is 92.1 Å². The van der Waals surface area contributed by atoms with Crippen molar-refractivity contribution >= 4 is 137 Å². The second-order valence-corrected chi connectivity index (χ2v) is 33.3. The summed E-state index contributed by atoms with van der Waals surface area (Å²) in [6.45, 7) is 18.6. The highest BCUT2D eigenvalue weighted by molar-refractivity contribution is 8.15. The molecule has 0 spiro atoms. The van der Waals surface area contributed by atoms with E-state index in [0.717, 1.165) is 146 Å². The SMILES string of the molecule is CC(C)(C)c1cc2cc(c1)C(=O)Sc1ccc(cc1)Sc1ccc(cc1)SC(=O)c1cc(cc(C(C)(C)C)c1)C(=O)Sc1ccc(cc1)Sc1ccc(cc1)SC(=O)c1cc(cc(C(C)(C)C)c1)C(=O)Sc1ccc(cc1)Sc1ccc(cc1)SC2=O. The Bertz CT molecular complexity index is 3430. The average Bonchev–Trinajstić information content (AvgIpc) is 1.93. The van der Waals surface area contributed by atoms with Crippen molar-refractivity contribution < 1.29 is 28.8 Å². The Kier molecular flexibility index (Phi) is 20.3. The van der Waals surface area contributed by atoms with Crippen LogP contribution in [-0.4, -0.2) is 30.7 Å². The number of thioether (sulfide) groups is 6. The minimum absolute atomic E-state index is 0.163. The fraction of sp³-hybridized carbons (Fsp3) is 0.167. The lowest BCUT2D eigenvalue weighted by molar-refractivity contribution is 0.107. The fourth-order valence-electron chi connectivity index (χ4n) is 8.75. The van der Waals surface area contributed by atoms with Crippen LogP contribution < -0.4 is 0 Å². The number of rotatable bonds is 0. The average molecular weight is 1310 g/mol. The quantitative estimate of drug-likeness (QED) is 0.144. The van der Waals surface area contributed by atoms with Gasteiger partial charge in [0.05, 0.1) is 0 Å². The molecule has 438 valence electrons. The molecular formula is C72H60O6S9. The summed E-state index contributed by atoms with van der Waals surface area (Å²) in [6, 6.07) is 63.3. The molecule has 7 heterocycles. The van der Waals surface area contributed by atoms with Crippen LogP contribution in [0.5, 0.6) is 0 Å². The first-order chi connectivity index (χ1) is 41.3. The van der Waals surface area contributed by atoms with Crippen LogP contribution in [0.3, 0.4) is 0 Å². The maximum Gasteiger partial charge on any atom is 0.224 e. The summed E-state index contributed by atoms with van der Waals surface area (Å²) in [4.78, 5) is 94.5. The van der Waals surface area contributed by atoms with Gasteiger partial charge in [-0.25, -0.2) is 0 Å². The van der Waals surface area contributed by atoms with Crippen LogP contribution in [0.2, 0.25) is 0 Å². The molecule has 0 atom stereocenters. The lowest BCUT2D eigenvalue weighted by Crippen LogP contribution is -2.13. The van der Waals surface area contributed by atoms with Gasteiger partial charge in [0.2, 0.25) is 30.7 Å². The van der Waals surface area contributed by atoms with Gasteiger partial charge in [-0.1, -0.05) is 97.6 Å².